The molecule has 0 aromatic rings. The summed E-state index contributed by atoms with van der Waals surface area (Å²) in [6.07, 6.45) is 0.406. The fourth-order valence-electron chi connectivity index (χ4n) is 3.82. The molecule has 0 bridgehead atoms. The van der Waals surface area contributed by atoms with Gasteiger partial charge in [0, 0.05) is 0 Å². The standard InChI is InChI=1S/C16H28O4.2Sr.2H/c1-9-7-15(18-12(4)11(9)3)20-16-10(2)8-14(17-6)19-13(16)5;;;;/h7-16H,1-6H3;;;;/t9-,10-,11?,12-,13-,14-,15+,16+;;;;/m1..../s1. The van der Waals surface area contributed by atoms with E-state index in [9.17, 15) is 0 Å². The van der Waals surface area contributed by atoms with Crippen molar-refractivity contribution in [1.29, 1.82) is 0 Å². The van der Waals surface area contributed by atoms with Gasteiger partial charge in [-0.3, -0.25) is 0 Å². The van der Waals surface area contributed by atoms with E-state index >= 15 is 0 Å². The van der Waals surface area contributed by atoms with Crippen LogP contribution in [0.4, 0.5) is 0 Å². The van der Waals surface area contributed by atoms with Crippen LogP contribution < -0.4 is 0 Å². The molecule has 0 amide bonds. The van der Waals surface area contributed by atoms with Gasteiger partial charge in [0.05, 0.1) is 0 Å². The topological polar surface area (TPSA) is 36.9 Å². The summed E-state index contributed by atoms with van der Waals surface area (Å²) in [7, 11) is 1.75. The minimum absolute atomic E-state index is 0.0306. The average Bonchev–Trinajstić information content (AvgIpc) is 2.49. The monoisotopic (exact) mass is 462 g/mol. The molecule has 2 fully saturated rings. The van der Waals surface area contributed by atoms with Crippen LogP contribution in [0.1, 0.15) is 34.6 Å². The zero-order valence-electron chi connectivity index (χ0n) is 15.4. The molecule has 0 aliphatic carbocycles. The van der Waals surface area contributed by atoms with Crippen LogP contribution >= 0.6 is 0 Å². The molecule has 0 N–H and O–H groups in total. The van der Waals surface area contributed by atoms with Gasteiger partial charge in [0.2, 0.25) is 0 Å². The zero-order valence-corrected chi connectivity index (χ0v) is 25.2. The molecular formula is C16H30O4Sr2. The number of ether oxygens (including phenoxy) is 4. The van der Waals surface area contributed by atoms with Crippen molar-refractivity contribution in [2.45, 2.75) is 67.3 Å². The van der Waals surface area contributed by atoms with Crippen LogP contribution in [0, 0.1) is 17.8 Å². The fraction of sp³-hybridized carbons (Fsp3) is 1.00. The summed E-state index contributed by atoms with van der Waals surface area (Å²) < 4.78 is 25.4. The Morgan fingerprint density at radius 2 is 1.27 bits per heavy atom. The quantitative estimate of drug-likeness (QED) is 0.601. The van der Waals surface area contributed by atoms with Gasteiger partial charge in [0.1, 0.15) is 0 Å². The summed E-state index contributed by atoms with van der Waals surface area (Å²) in [5.74, 6) is 1.81. The second-order valence-corrected chi connectivity index (χ2v) is 14.1. The SMILES string of the molecule is CO[C@@H]1O[C@H](C)[C@@H](O[C@@H]2O[C@H](C)C(C)[C@H](C)[C@H]2[SrH])[C@H](C)[C@H]1[SrH]. The number of rotatable bonds is 3. The first-order chi connectivity index (χ1) is 10.3. The van der Waals surface area contributed by atoms with Crippen LogP contribution in [0.25, 0.3) is 0 Å². The molecule has 2 aliphatic rings. The minimum atomic E-state index is -0.0395. The molecule has 2 heterocycles. The van der Waals surface area contributed by atoms with Crippen molar-refractivity contribution in [2.24, 2.45) is 17.8 Å². The molecule has 0 spiro atoms. The van der Waals surface area contributed by atoms with Crippen molar-refractivity contribution in [3.63, 3.8) is 0 Å². The van der Waals surface area contributed by atoms with Crippen LogP contribution in [-0.2, 0) is 18.9 Å². The van der Waals surface area contributed by atoms with Gasteiger partial charge in [0.25, 0.3) is 0 Å². The normalized spacial score (nSPS) is 53.3. The molecule has 2 saturated heterocycles. The Balaban J connectivity index is 2.06. The molecule has 10 atom stereocenters. The third-order valence-electron chi connectivity index (χ3n) is 6.29. The fourth-order valence-corrected chi connectivity index (χ4v) is 8.07. The molecule has 2 aliphatic heterocycles. The van der Waals surface area contributed by atoms with Gasteiger partial charge in [-0.15, -0.1) is 0 Å². The van der Waals surface area contributed by atoms with E-state index in [1.165, 1.54) is 0 Å². The maximum atomic E-state index is 6.50. The predicted molar refractivity (Wildman–Crippen MR) is 89.8 cm³/mol. The first-order valence-electron chi connectivity index (χ1n) is 8.77. The van der Waals surface area contributed by atoms with Gasteiger partial charge in [-0.05, 0) is 0 Å². The maximum absolute atomic E-state index is 6.50. The third-order valence-corrected chi connectivity index (χ3v) is 14.1. The van der Waals surface area contributed by atoms with Crippen LogP contribution in [0.2, 0.25) is 1.78 Å². The first kappa shape index (κ1) is 21.1. The summed E-state index contributed by atoms with van der Waals surface area (Å²) in [4.78, 5) is 0. The Kier molecular flexibility index (Phi) is 8.76. The van der Waals surface area contributed by atoms with E-state index in [-0.39, 0.29) is 30.9 Å². The van der Waals surface area contributed by atoms with E-state index in [1.54, 1.807) is 7.11 Å². The Morgan fingerprint density at radius 3 is 1.86 bits per heavy atom. The number of hydrogen-bond acceptors (Lipinski definition) is 4. The van der Waals surface area contributed by atoms with Gasteiger partial charge < -0.3 is 0 Å². The molecule has 22 heavy (non-hydrogen) atoms. The van der Waals surface area contributed by atoms with Crippen molar-refractivity contribution in [1.82, 2.24) is 0 Å². The molecule has 4 nitrogen and oxygen atoms in total. The van der Waals surface area contributed by atoms with Crippen molar-refractivity contribution in [2.75, 3.05) is 7.11 Å². The molecule has 6 heteroatoms. The van der Waals surface area contributed by atoms with Crippen molar-refractivity contribution in [3.05, 3.63) is 0 Å². The average molecular weight is 462 g/mol. The van der Waals surface area contributed by atoms with Crippen LogP contribution in [-0.4, -0.2) is 125 Å². The van der Waals surface area contributed by atoms with Crippen LogP contribution in [0.15, 0.2) is 0 Å². The Bertz CT molecular complexity index is 370. The molecule has 0 aromatic heterocycles. The van der Waals surface area contributed by atoms with E-state index in [4.69, 9.17) is 18.9 Å². The molecular weight excluding hydrogens is 431 g/mol. The summed E-state index contributed by atoms with van der Waals surface area (Å²) in [5, 5.41) is 0. The number of hydrogen-bond donors (Lipinski definition) is 0. The Labute approximate surface area is 194 Å². The van der Waals surface area contributed by atoms with E-state index < -0.39 is 0 Å². The molecule has 0 radical (unpaired) electrons. The van der Waals surface area contributed by atoms with Gasteiger partial charge >= 0.3 is 198 Å². The summed E-state index contributed by atoms with van der Waals surface area (Å²) in [5.41, 5.74) is 0. The van der Waals surface area contributed by atoms with Gasteiger partial charge in [-0.2, -0.15) is 0 Å². The summed E-state index contributed by atoms with van der Waals surface area (Å²) >= 11 is 0.988. The molecule has 0 saturated carbocycles. The van der Waals surface area contributed by atoms with Crippen LogP contribution in [0.5, 0.6) is 0 Å². The van der Waals surface area contributed by atoms with Gasteiger partial charge in [0.15, 0.2) is 0 Å². The van der Waals surface area contributed by atoms with Gasteiger partial charge in [-0.25, -0.2) is 0 Å². The van der Waals surface area contributed by atoms with Gasteiger partial charge in [-0.1, -0.05) is 0 Å². The van der Waals surface area contributed by atoms with E-state index in [0.717, 1.165) is 0 Å². The van der Waals surface area contributed by atoms with E-state index in [1.807, 2.05) is 0 Å². The predicted octanol–water partition coefficient (Wildman–Crippen LogP) is 1.79. The molecule has 1 unspecified atom stereocenters. The second-order valence-electron chi connectivity index (χ2n) is 7.55. The third kappa shape index (κ3) is 4.55. The molecule has 2 rings (SSSR count). The Hall–Kier alpha value is 2.80. The van der Waals surface area contributed by atoms with E-state index in [2.05, 4.69) is 34.6 Å². The van der Waals surface area contributed by atoms with Crippen molar-refractivity contribution >= 4 is 86.5 Å². The zero-order chi connectivity index (χ0) is 16.6. The first-order valence-corrected chi connectivity index (χ1v) is 14.4. The summed E-state index contributed by atoms with van der Waals surface area (Å²) in [6.45, 7) is 11.3. The van der Waals surface area contributed by atoms with Crippen LogP contribution in [0.3, 0.4) is 0 Å². The molecule has 122 valence electrons. The molecule has 0 aromatic carbocycles. The number of methoxy groups -OCH3 is 1. The Morgan fingerprint density at radius 1 is 0.727 bits per heavy atom. The second kappa shape index (κ2) is 9.14. The van der Waals surface area contributed by atoms with Crippen molar-refractivity contribution < 1.29 is 18.9 Å². The summed E-state index contributed by atoms with van der Waals surface area (Å²) in [6, 6.07) is 0. The van der Waals surface area contributed by atoms with Crippen molar-refractivity contribution in [3.8, 4) is 0 Å². The van der Waals surface area contributed by atoms with E-state index in [0.29, 0.717) is 106 Å².